The van der Waals surface area contributed by atoms with Gasteiger partial charge in [-0.3, -0.25) is 4.99 Å². The topological polar surface area (TPSA) is 39.7 Å². The first-order valence-corrected chi connectivity index (χ1v) is 8.00. The molecule has 1 aromatic carbocycles. The molecule has 1 saturated heterocycles. The molecular weight excluding hydrogens is 387 g/mol. The molecule has 124 valence electrons. The van der Waals surface area contributed by atoms with Crippen LogP contribution in [-0.2, 0) is 0 Å². The van der Waals surface area contributed by atoms with E-state index >= 15 is 0 Å². The van der Waals surface area contributed by atoms with Crippen LogP contribution in [0.2, 0.25) is 0 Å². The molecule has 22 heavy (non-hydrogen) atoms. The third-order valence-corrected chi connectivity index (χ3v) is 4.18. The van der Waals surface area contributed by atoms with Gasteiger partial charge in [0.2, 0.25) is 0 Å². The van der Waals surface area contributed by atoms with Crippen LogP contribution in [0, 0.1) is 5.92 Å². The number of nitrogens with zero attached hydrogens (tertiary/aromatic N) is 2. The Hall–Kier alpha value is -0.980. The van der Waals surface area contributed by atoms with Gasteiger partial charge in [0.15, 0.2) is 5.96 Å². The fraction of sp³-hybridized carbons (Fsp3) is 0.588. The van der Waals surface area contributed by atoms with Gasteiger partial charge >= 0.3 is 0 Å². The predicted octanol–water partition coefficient (Wildman–Crippen LogP) is 3.09. The summed E-state index contributed by atoms with van der Waals surface area (Å²) in [5.74, 6) is 1.60. The molecule has 0 spiro atoms. The Labute approximate surface area is 151 Å². The van der Waals surface area contributed by atoms with E-state index in [0.717, 1.165) is 32.0 Å². The van der Waals surface area contributed by atoms with E-state index in [0.29, 0.717) is 12.0 Å². The van der Waals surface area contributed by atoms with Crippen LogP contribution in [0.15, 0.2) is 35.3 Å². The average Bonchev–Trinajstić information content (AvgIpc) is 3.01. The molecule has 0 amide bonds. The average molecular weight is 416 g/mol. The zero-order chi connectivity index (χ0) is 15.1. The van der Waals surface area contributed by atoms with E-state index in [1.54, 1.807) is 0 Å². The van der Waals surface area contributed by atoms with Crippen LogP contribution in [0.1, 0.15) is 26.7 Å². The second-order valence-corrected chi connectivity index (χ2v) is 5.84. The molecule has 2 rings (SSSR count). The molecule has 1 aliphatic rings. The number of rotatable bonds is 5. The number of halogens is 1. The third-order valence-electron chi connectivity index (χ3n) is 4.18. The molecule has 2 atom stereocenters. The Balaban J connectivity index is 0.00000242. The summed E-state index contributed by atoms with van der Waals surface area (Å²) in [4.78, 5) is 6.76. The summed E-state index contributed by atoms with van der Waals surface area (Å²) in [5, 5.41) is 6.87. The molecule has 0 saturated carbocycles. The van der Waals surface area contributed by atoms with Crippen LogP contribution in [0.3, 0.4) is 0 Å². The number of hydrogen-bond donors (Lipinski definition) is 2. The highest BCUT2D eigenvalue weighted by Gasteiger charge is 2.22. The molecule has 0 bridgehead atoms. The Morgan fingerprint density at radius 3 is 2.73 bits per heavy atom. The van der Waals surface area contributed by atoms with Gasteiger partial charge < -0.3 is 15.5 Å². The Morgan fingerprint density at radius 1 is 1.36 bits per heavy atom. The van der Waals surface area contributed by atoms with Gasteiger partial charge in [-0.1, -0.05) is 25.1 Å². The quantitative estimate of drug-likeness (QED) is 0.440. The fourth-order valence-corrected chi connectivity index (χ4v) is 2.64. The van der Waals surface area contributed by atoms with Gasteiger partial charge in [-0.25, -0.2) is 0 Å². The lowest BCUT2D eigenvalue weighted by Gasteiger charge is -2.20. The number of para-hydroxylation sites is 1. The minimum atomic E-state index is 0. The number of benzene rings is 1. The zero-order valence-corrected chi connectivity index (χ0v) is 16.2. The molecule has 1 aliphatic heterocycles. The summed E-state index contributed by atoms with van der Waals surface area (Å²) in [5.41, 5.74) is 1.34. The van der Waals surface area contributed by atoms with Crippen molar-refractivity contribution in [2.75, 3.05) is 31.6 Å². The summed E-state index contributed by atoms with van der Waals surface area (Å²) in [6.07, 6.45) is 2.34. The smallest absolute Gasteiger partial charge is 0.191 e. The highest BCUT2D eigenvalue weighted by Crippen LogP contribution is 2.22. The summed E-state index contributed by atoms with van der Waals surface area (Å²) < 4.78 is 0. The van der Waals surface area contributed by atoms with Crippen LogP contribution in [-0.4, -0.2) is 38.7 Å². The number of hydrogen-bond acceptors (Lipinski definition) is 2. The largest absolute Gasteiger partial charge is 0.371 e. The van der Waals surface area contributed by atoms with Gasteiger partial charge in [-0.15, -0.1) is 24.0 Å². The maximum absolute atomic E-state index is 4.29. The maximum Gasteiger partial charge on any atom is 0.191 e. The van der Waals surface area contributed by atoms with Crippen LogP contribution < -0.4 is 15.5 Å². The standard InChI is InChI=1S/C17H28N4.HI/c1-4-14(2)20-17(18-3)19-12-15-10-11-21(13-15)16-8-6-5-7-9-16;/h5-9,14-15H,4,10-13H2,1-3H3,(H2,18,19,20);1H. The minimum absolute atomic E-state index is 0. The first-order chi connectivity index (χ1) is 10.2. The highest BCUT2D eigenvalue weighted by molar-refractivity contribution is 14.0. The van der Waals surface area contributed by atoms with Gasteiger partial charge in [-0.05, 0) is 37.8 Å². The van der Waals surface area contributed by atoms with Crippen molar-refractivity contribution in [2.24, 2.45) is 10.9 Å². The van der Waals surface area contributed by atoms with Crippen molar-refractivity contribution in [3.8, 4) is 0 Å². The predicted molar refractivity (Wildman–Crippen MR) is 106 cm³/mol. The SMILES string of the molecule is CCC(C)NC(=NC)NCC1CCN(c2ccccc2)C1.I. The molecule has 1 aromatic rings. The van der Waals surface area contributed by atoms with E-state index in [4.69, 9.17) is 0 Å². The molecule has 0 aliphatic carbocycles. The van der Waals surface area contributed by atoms with E-state index in [9.17, 15) is 0 Å². The monoisotopic (exact) mass is 416 g/mol. The highest BCUT2D eigenvalue weighted by atomic mass is 127. The van der Waals surface area contributed by atoms with Gasteiger partial charge in [0, 0.05) is 38.4 Å². The number of guanidine groups is 1. The van der Waals surface area contributed by atoms with E-state index in [1.807, 2.05) is 7.05 Å². The van der Waals surface area contributed by atoms with Gasteiger partial charge in [0.25, 0.3) is 0 Å². The first kappa shape index (κ1) is 19.1. The van der Waals surface area contributed by atoms with Crippen LogP contribution in [0.25, 0.3) is 0 Å². The lowest BCUT2D eigenvalue weighted by Crippen LogP contribution is -2.43. The fourth-order valence-electron chi connectivity index (χ4n) is 2.64. The van der Waals surface area contributed by atoms with Crippen molar-refractivity contribution in [3.05, 3.63) is 30.3 Å². The van der Waals surface area contributed by atoms with E-state index in [1.165, 1.54) is 12.1 Å². The second-order valence-electron chi connectivity index (χ2n) is 5.84. The Bertz CT molecular complexity index is 449. The Kier molecular flexibility index (Phi) is 8.60. The lowest BCUT2D eigenvalue weighted by molar-refractivity contribution is 0.554. The molecule has 4 nitrogen and oxygen atoms in total. The second kappa shape index (κ2) is 9.92. The van der Waals surface area contributed by atoms with E-state index in [2.05, 4.69) is 64.7 Å². The summed E-state index contributed by atoms with van der Waals surface area (Å²) >= 11 is 0. The van der Waals surface area contributed by atoms with Gasteiger partial charge in [-0.2, -0.15) is 0 Å². The summed E-state index contributed by atoms with van der Waals surface area (Å²) in [6, 6.07) is 11.1. The van der Waals surface area contributed by atoms with E-state index in [-0.39, 0.29) is 24.0 Å². The van der Waals surface area contributed by atoms with Gasteiger partial charge in [0.05, 0.1) is 0 Å². The molecule has 2 unspecified atom stereocenters. The van der Waals surface area contributed by atoms with Crippen LogP contribution in [0.5, 0.6) is 0 Å². The van der Waals surface area contributed by atoms with Crippen molar-refractivity contribution < 1.29 is 0 Å². The number of nitrogens with one attached hydrogen (secondary N) is 2. The molecule has 1 fully saturated rings. The number of aliphatic imine (C=N–C) groups is 1. The van der Waals surface area contributed by atoms with Gasteiger partial charge in [0.1, 0.15) is 0 Å². The molecule has 2 N–H and O–H groups in total. The summed E-state index contributed by atoms with van der Waals surface area (Å²) in [6.45, 7) is 7.61. The van der Waals surface area contributed by atoms with Crippen molar-refractivity contribution in [3.63, 3.8) is 0 Å². The molecular formula is C17H29IN4. The van der Waals surface area contributed by atoms with Crippen molar-refractivity contribution in [1.29, 1.82) is 0 Å². The van der Waals surface area contributed by atoms with Crippen molar-refractivity contribution in [1.82, 2.24) is 10.6 Å². The van der Waals surface area contributed by atoms with Crippen molar-refractivity contribution >= 4 is 35.6 Å². The van der Waals surface area contributed by atoms with E-state index < -0.39 is 0 Å². The Morgan fingerprint density at radius 2 is 2.09 bits per heavy atom. The normalized spacial score (nSPS) is 19.5. The van der Waals surface area contributed by atoms with Crippen LogP contribution >= 0.6 is 24.0 Å². The lowest BCUT2D eigenvalue weighted by atomic mass is 10.1. The minimum Gasteiger partial charge on any atom is -0.371 e. The molecule has 0 aromatic heterocycles. The molecule has 0 radical (unpaired) electrons. The zero-order valence-electron chi connectivity index (χ0n) is 13.9. The third kappa shape index (κ3) is 5.66. The van der Waals surface area contributed by atoms with Crippen LogP contribution in [0.4, 0.5) is 5.69 Å². The van der Waals surface area contributed by atoms with Crippen molar-refractivity contribution in [2.45, 2.75) is 32.7 Å². The molecule has 1 heterocycles. The number of anilines is 1. The first-order valence-electron chi connectivity index (χ1n) is 8.00. The molecule has 5 heteroatoms. The summed E-state index contributed by atoms with van der Waals surface area (Å²) in [7, 11) is 1.84. The maximum atomic E-state index is 4.29.